The Labute approximate surface area is 761 Å². The molecule has 0 radical (unpaired) electrons. The van der Waals surface area contributed by atoms with Crippen LogP contribution in [0.25, 0.3) is 11.1 Å². The van der Waals surface area contributed by atoms with Crippen LogP contribution < -0.4 is 27.0 Å². The molecule has 4 saturated carbocycles. The van der Waals surface area contributed by atoms with E-state index in [0.717, 1.165) is 199 Å². The third-order valence-corrected chi connectivity index (χ3v) is 27.0. The zero-order valence-corrected chi connectivity index (χ0v) is 82.4. The average molecular weight is 1810 g/mol. The fourth-order valence-corrected chi connectivity index (χ4v) is 20.2. The molecular weight excluding hydrogens is 1660 g/mol. The Morgan fingerprint density at radius 1 is 0.429 bits per heavy atom. The zero-order chi connectivity index (χ0) is 92.8. The lowest BCUT2D eigenvalue weighted by Crippen LogP contribution is -2.43. The molecule has 0 spiro atoms. The van der Waals surface area contributed by atoms with E-state index in [1.807, 2.05) is 151 Å². The normalized spacial score (nSPS) is 18.0. The summed E-state index contributed by atoms with van der Waals surface area (Å²) in [6.45, 7) is 44.2. The Morgan fingerprint density at radius 2 is 0.762 bits per heavy atom. The second kappa shape index (κ2) is 44.5. The van der Waals surface area contributed by atoms with Crippen molar-refractivity contribution in [2.75, 3.05) is 76.3 Å². The van der Waals surface area contributed by atoms with Crippen molar-refractivity contribution in [3.8, 4) is 11.1 Å². The second-order valence-electron chi connectivity index (χ2n) is 39.7. The van der Waals surface area contributed by atoms with Crippen molar-refractivity contribution < 1.29 is 71.5 Å². The quantitative estimate of drug-likeness (QED) is 0.0275. The number of anilines is 4. The highest BCUT2D eigenvalue weighted by Gasteiger charge is 2.42. The SMILES string of the molecule is COC(=O)[C@@H](OC(C)(C)C)c1c(C)c2c(c(C)c1-c1ccc(C)cc1)CCN(C1CCCCC1)C(=O)N2.COC(=O)[C@@H](OC(C)(C)C)c1c(C)c2c(c(C)c1Br)CCN(C1CCCCC1)C(=O)N2.COC(=O)[C@@H](OC(C)(C)C)c1cc(C)c(CCNC2CCCCC2)c(N)c1C.COC(=O)[C@@H](OC(C)(C)C)c1cc(C)c2c(c1C)NC(=O)N(C1CCCCC1)CC2. The molecule has 12 rings (SSSR count). The van der Waals surface area contributed by atoms with Gasteiger partial charge >= 0.3 is 42.0 Å². The van der Waals surface area contributed by atoms with Crippen LogP contribution in [0.3, 0.4) is 0 Å². The van der Waals surface area contributed by atoms with Crippen LogP contribution in [-0.2, 0) is 82.8 Å². The van der Waals surface area contributed by atoms with E-state index < -0.39 is 70.7 Å². The topological polar surface area (TPSA) is 277 Å². The summed E-state index contributed by atoms with van der Waals surface area (Å²) >= 11 is 3.73. The van der Waals surface area contributed by atoms with Crippen molar-refractivity contribution in [1.29, 1.82) is 0 Å². The van der Waals surface area contributed by atoms with Crippen LogP contribution in [0.5, 0.6) is 0 Å². The number of nitrogens with zero attached hydrogens (tertiary/aromatic N) is 3. The number of fused-ring (bicyclic) bond motifs is 3. The smallest absolute Gasteiger partial charge is 0.339 e. The molecule has 7 aliphatic rings. The fourth-order valence-electron chi connectivity index (χ4n) is 19.5. The largest absolute Gasteiger partial charge is 0.467 e. The van der Waals surface area contributed by atoms with Crippen molar-refractivity contribution in [1.82, 2.24) is 20.0 Å². The Balaban J connectivity index is 0.000000191. The number of ether oxygens (including phenoxy) is 8. The molecule has 4 fully saturated rings. The summed E-state index contributed by atoms with van der Waals surface area (Å²) in [4.78, 5) is 96.8. The van der Waals surface area contributed by atoms with E-state index in [2.05, 4.69) is 82.2 Å². The number of hydrogen-bond acceptors (Lipinski definition) is 17. The van der Waals surface area contributed by atoms with Crippen LogP contribution in [0.15, 0.2) is 40.9 Å². The number of urea groups is 3. The lowest BCUT2D eigenvalue weighted by atomic mass is 9.83. The molecule has 5 aromatic rings. The second-order valence-corrected chi connectivity index (χ2v) is 40.5. The van der Waals surface area contributed by atoms with Crippen LogP contribution in [0.4, 0.5) is 37.1 Å². The van der Waals surface area contributed by atoms with Crippen molar-refractivity contribution >= 4 is 80.7 Å². The van der Waals surface area contributed by atoms with Gasteiger partial charge in [-0.1, -0.05) is 135 Å². The summed E-state index contributed by atoms with van der Waals surface area (Å²) in [6, 6.07) is 13.8. The van der Waals surface area contributed by atoms with Crippen LogP contribution in [0.2, 0.25) is 0 Å². The summed E-state index contributed by atoms with van der Waals surface area (Å²) < 4.78 is 45.8. The summed E-state index contributed by atoms with van der Waals surface area (Å²) in [5.74, 6) is -1.74. The number of amides is 6. The molecule has 5 aromatic carbocycles. The monoisotopic (exact) mass is 1810 g/mol. The molecule has 3 aliphatic heterocycles. The van der Waals surface area contributed by atoms with Gasteiger partial charge in [0.15, 0.2) is 24.4 Å². The highest BCUT2D eigenvalue weighted by Crippen LogP contribution is 2.48. The molecule has 4 aliphatic carbocycles. The van der Waals surface area contributed by atoms with Gasteiger partial charge in [0.25, 0.3) is 0 Å². The minimum Gasteiger partial charge on any atom is -0.467 e. The predicted octanol–water partition coefficient (Wildman–Crippen LogP) is 22.3. The molecule has 24 heteroatoms. The number of esters is 4. The van der Waals surface area contributed by atoms with Crippen molar-refractivity contribution in [3.05, 3.63) is 135 Å². The Kier molecular flexibility index (Phi) is 35.9. The highest BCUT2D eigenvalue weighted by molar-refractivity contribution is 9.10. The van der Waals surface area contributed by atoms with E-state index in [1.54, 1.807) is 0 Å². The first kappa shape index (κ1) is 102. The van der Waals surface area contributed by atoms with Crippen LogP contribution in [0.1, 0.15) is 330 Å². The highest BCUT2D eigenvalue weighted by atomic mass is 79.9. The van der Waals surface area contributed by atoms with Gasteiger partial charge in [-0.15, -0.1) is 0 Å². The van der Waals surface area contributed by atoms with Gasteiger partial charge < -0.3 is 79.6 Å². The van der Waals surface area contributed by atoms with E-state index in [4.69, 9.17) is 43.6 Å². The molecule has 696 valence electrons. The van der Waals surface area contributed by atoms with Gasteiger partial charge in [0.2, 0.25) is 0 Å². The van der Waals surface area contributed by atoms with E-state index in [-0.39, 0.29) is 24.1 Å². The molecule has 3 heterocycles. The van der Waals surface area contributed by atoms with E-state index in [1.165, 1.54) is 124 Å². The van der Waals surface area contributed by atoms with Crippen LogP contribution in [-0.4, -0.2) is 158 Å². The van der Waals surface area contributed by atoms with Gasteiger partial charge in [0, 0.05) is 82.2 Å². The minimum absolute atomic E-state index is 0.0355. The molecule has 6 amide bonds. The number of methoxy groups -OCH3 is 4. The lowest BCUT2D eigenvalue weighted by Gasteiger charge is -2.33. The molecule has 0 saturated heterocycles. The fraction of sp³-hybridized carbons (Fsp3) is 0.637. The lowest BCUT2D eigenvalue weighted by molar-refractivity contribution is -0.164. The molecule has 23 nitrogen and oxygen atoms in total. The Morgan fingerprint density at radius 3 is 1.16 bits per heavy atom. The number of nitrogens with two attached hydrogens (primary N) is 1. The predicted molar refractivity (Wildman–Crippen MR) is 506 cm³/mol. The van der Waals surface area contributed by atoms with Crippen molar-refractivity contribution in [2.24, 2.45) is 0 Å². The van der Waals surface area contributed by atoms with Crippen molar-refractivity contribution in [2.45, 2.75) is 370 Å². The minimum atomic E-state index is -0.931. The molecule has 0 bridgehead atoms. The molecule has 4 atom stereocenters. The molecule has 6 N–H and O–H groups in total. The molecular formula is C102H151BrN8O15. The van der Waals surface area contributed by atoms with Gasteiger partial charge in [-0.25, -0.2) is 33.6 Å². The van der Waals surface area contributed by atoms with Crippen molar-refractivity contribution in [3.63, 3.8) is 0 Å². The number of aryl methyl sites for hydroxylation is 3. The first-order chi connectivity index (χ1) is 59.3. The number of rotatable bonds is 20. The van der Waals surface area contributed by atoms with E-state index in [0.29, 0.717) is 36.8 Å². The Hall–Kier alpha value is -8.13. The van der Waals surface area contributed by atoms with Gasteiger partial charge in [-0.2, -0.15) is 0 Å². The first-order valence-corrected chi connectivity index (χ1v) is 47.2. The maximum Gasteiger partial charge on any atom is 0.339 e. The number of halogens is 1. The third kappa shape index (κ3) is 25.9. The molecule has 0 aromatic heterocycles. The van der Waals surface area contributed by atoms with E-state index >= 15 is 0 Å². The molecule has 126 heavy (non-hydrogen) atoms. The number of hydrogen-bond donors (Lipinski definition) is 5. The number of benzene rings is 5. The Bertz CT molecular complexity index is 4640. The maximum atomic E-state index is 13.5. The van der Waals surface area contributed by atoms with Crippen LogP contribution in [0, 0.1) is 62.3 Å². The third-order valence-electron chi connectivity index (χ3n) is 26.0. The van der Waals surface area contributed by atoms with Gasteiger partial charge in [-0.3, -0.25) is 0 Å². The first-order valence-electron chi connectivity index (χ1n) is 46.4. The van der Waals surface area contributed by atoms with Gasteiger partial charge in [-0.05, 0) is 318 Å². The summed E-state index contributed by atoms with van der Waals surface area (Å²) in [7, 11) is 5.52. The van der Waals surface area contributed by atoms with Crippen LogP contribution >= 0.6 is 15.9 Å². The summed E-state index contributed by atoms with van der Waals surface area (Å²) in [5, 5.41) is 13.3. The number of carbonyl (C=O) groups is 7. The number of nitrogen functional groups attached to an aromatic ring is 1. The number of nitrogens with one attached hydrogen (secondary N) is 4. The van der Waals surface area contributed by atoms with Gasteiger partial charge in [0.05, 0.1) is 50.8 Å². The number of carbonyl (C=O) groups excluding carboxylic acids is 7. The van der Waals surface area contributed by atoms with E-state index in [9.17, 15) is 33.6 Å². The summed E-state index contributed by atoms with van der Waals surface area (Å²) in [6.07, 6.45) is 23.6. The molecule has 0 unspecified atom stereocenters. The summed E-state index contributed by atoms with van der Waals surface area (Å²) in [5.41, 5.74) is 26.0. The maximum absolute atomic E-state index is 13.5. The standard InChI is InChI=1S/C31H42N2O4.C24H35BrN2O4.C24H36N2O4.C23H38N2O3/c1-19-13-15-22(16-14-19)25-20(2)24-17-18-33(23-11-9-8-10-12-23)30(35)32-27(24)21(3)26(25)28(29(34)36-7)37-31(4,5)6;1-14-17-12-13-27(16-10-8-7-9-11-16)23(29)26-20(17)15(2)18(19(14)25)21(22(28)30-6)31-24(3,4)5;1-15-14-19(21(22(27)29-6)30-24(3,4)5)16(2)20-18(15)12-13-26(23(28)25-20)17-10-8-7-9-11-17;1-15-14-19(21(22(26)27-6)28-23(3,4)5)16(2)20(24)18(15)12-13-25-17-10-8-7-9-11-17/h13-16,23,28H,8-12,17-18H2,1-7H3,(H,32,35);16,21H,7-13H2,1-6H3,(H,26,29);14,17,21H,7-13H2,1-6H3,(H,25,28);14,17,21,25H,7-13,24H2,1-6H3/t28-;3*21-/m0000/s1. The zero-order valence-electron chi connectivity index (χ0n) is 80.8. The average Bonchev–Trinajstić information content (AvgIpc) is 1.24. The van der Waals surface area contributed by atoms with Gasteiger partial charge in [0.1, 0.15) is 0 Å².